The first-order valence-corrected chi connectivity index (χ1v) is 9.73. The molecule has 0 saturated heterocycles. The molecule has 0 fully saturated rings. The van der Waals surface area contributed by atoms with E-state index >= 15 is 0 Å². The third kappa shape index (κ3) is 5.04. The lowest BCUT2D eigenvalue weighted by molar-refractivity contribution is -0.118. The highest BCUT2D eigenvalue weighted by atomic mass is 16.6. The monoisotopic (exact) mass is 396 g/mol. The maximum Gasteiger partial charge on any atom is 0.408 e. The summed E-state index contributed by atoms with van der Waals surface area (Å²) in [6.45, 7) is 7.33. The summed E-state index contributed by atoms with van der Waals surface area (Å²) >= 11 is 0. The number of carbonyl (C=O) groups excluding carboxylic acids is 2. The van der Waals surface area contributed by atoms with Crippen molar-refractivity contribution in [3.05, 3.63) is 48.2 Å². The van der Waals surface area contributed by atoms with Gasteiger partial charge in [0.15, 0.2) is 0 Å². The van der Waals surface area contributed by atoms with Crippen molar-refractivity contribution in [1.29, 1.82) is 0 Å². The molecule has 2 N–H and O–H groups in total. The summed E-state index contributed by atoms with van der Waals surface area (Å²) in [6.07, 6.45) is 5.49. The van der Waals surface area contributed by atoms with Crippen LogP contribution in [-0.4, -0.2) is 27.4 Å². The maximum absolute atomic E-state index is 12.6. The molecule has 0 saturated carbocycles. The Labute approximate surface area is 171 Å². The largest absolute Gasteiger partial charge is 0.444 e. The molecular weight excluding hydrogens is 368 g/mol. The molecule has 7 nitrogen and oxygen atoms in total. The van der Waals surface area contributed by atoms with Crippen molar-refractivity contribution in [3.63, 3.8) is 0 Å². The number of hydrogen-bond donors (Lipinski definition) is 2. The minimum atomic E-state index is -0.580. The molecule has 0 radical (unpaired) electrons. The SMILES string of the molecule is C[C@@H]1C=CC[C@H](NC(=O)OC(C)(C)C)c2cccc(c2)-c2c(cnn2C)NC1=O. The average Bonchev–Trinajstić information content (AvgIpc) is 2.98. The minimum Gasteiger partial charge on any atom is -0.444 e. The van der Waals surface area contributed by atoms with Crippen molar-refractivity contribution in [1.82, 2.24) is 15.1 Å². The van der Waals surface area contributed by atoms with Gasteiger partial charge in [-0.3, -0.25) is 9.48 Å². The number of aryl methyl sites for hydroxylation is 1. The molecule has 0 unspecified atom stereocenters. The Hall–Kier alpha value is -3.09. The van der Waals surface area contributed by atoms with Crippen LogP contribution in [0.1, 0.15) is 45.7 Å². The van der Waals surface area contributed by atoms with Gasteiger partial charge in [0.2, 0.25) is 5.91 Å². The first kappa shape index (κ1) is 20.6. The molecule has 2 heterocycles. The summed E-state index contributed by atoms with van der Waals surface area (Å²) in [5, 5.41) is 10.2. The van der Waals surface area contributed by atoms with Crippen LogP contribution < -0.4 is 10.6 Å². The maximum atomic E-state index is 12.6. The number of anilines is 1. The van der Waals surface area contributed by atoms with Crippen LogP contribution in [0.2, 0.25) is 0 Å². The molecule has 1 aliphatic heterocycles. The van der Waals surface area contributed by atoms with Crippen molar-refractivity contribution in [3.8, 4) is 11.3 Å². The van der Waals surface area contributed by atoms with E-state index in [0.717, 1.165) is 16.8 Å². The number of benzene rings is 1. The van der Waals surface area contributed by atoms with Crippen molar-refractivity contribution in [2.75, 3.05) is 5.32 Å². The van der Waals surface area contributed by atoms with E-state index < -0.39 is 11.7 Å². The predicted octanol–water partition coefficient (Wildman–Crippen LogP) is 4.19. The van der Waals surface area contributed by atoms with Crippen LogP contribution in [0, 0.1) is 5.92 Å². The number of rotatable bonds is 1. The summed E-state index contributed by atoms with van der Waals surface area (Å²) in [7, 11) is 1.84. The number of carbonyl (C=O) groups is 2. The van der Waals surface area contributed by atoms with E-state index in [2.05, 4.69) is 15.7 Å². The molecular formula is C22H28N4O3. The molecule has 7 heteroatoms. The molecule has 1 aromatic heterocycles. The van der Waals surface area contributed by atoms with Gasteiger partial charge in [0.25, 0.3) is 0 Å². The fourth-order valence-electron chi connectivity index (χ4n) is 3.25. The highest BCUT2D eigenvalue weighted by Crippen LogP contribution is 2.31. The lowest BCUT2D eigenvalue weighted by Crippen LogP contribution is -2.35. The molecule has 3 rings (SSSR count). The molecule has 1 aliphatic rings. The van der Waals surface area contributed by atoms with Crippen LogP contribution in [0.3, 0.4) is 0 Å². The van der Waals surface area contributed by atoms with Gasteiger partial charge in [-0.15, -0.1) is 0 Å². The van der Waals surface area contributed by atoms with E-state index in [1.54, 1.807) is 10.9 Å². The van der Waals surface area contributed by atoms with Gasteiger partial charge in [0.05, 0.1) is 29.5 Å². The van der Waals surface area contributed by atoms with Crippen molar-refractivity contribution in [2.24, 2.45) is 13.0 Å². The molecule has 2 atom stereocenters. The molecule has 0 aliphatic carbocycles. The number of fused-ring (bicyclic) bond motifs is 4. The van der Waals surface area contributed by atoms with E-state index in [1.165, 1.54) is 0 Å². The van der Waals surface area contributed by atoms with Crippen molar-refractivity contribution in [2.45, 2.75) is 45.8 Å². The summed E-state index contributed by atoms with van der Waals surface area (Å²) in [5.41, 5.74) is 2.75. The highest BCUT2D eigenvalue weighted by Gasteiger charge is 2.22. The zero-order valence-corrected chi connectivity index (χ0v) is 17.5. The van der Waals surface area contributed by atoms with Crippen LogP contribution >= 0.6 is 0 Å². The van der Waals surface area contributed by atoms with Gasteiger partial charge >= 0.3 is 6.09 Å². The Morgan fingerprint density at radius 3 is 2.83 bits per heavy atom. The van der Waals surface area contributed by atoms with Crippen molar-refractivity contribution >= 4 is 17.7 Å². The van der Waals surface area contributed by atoms with Gasteiger partial charge in [0, 0.05) is 12.6 Å². The number of hydrogen-bond acceptors (Lipinski definition) is 4. The average molecular weight is 396 g/mol. The zero-order chi connectivity index (χ0) is 21.2. The Balaban J connectivity index is 2.02. The number of aromatic nitrogens is 2. The number of amides is 2. The second-order valence-electron chi connectivity index (χ2n) is 8.30. The van der Waals surface area contributed by atoms with E-state index in [1.807, 2.05) is 71.2 Å². The topological polar surface area (TPSA) is 85.2 Å². The van der Waals surface area contributed by atoms with Gasteiger partial charge in [-0.05, 0) is 38.8 Å². The summed E-state index contributed by atoms with van der Waals surface area (Å²) in [4.78, 5) is 24.9. The first-order chi connectivity index (χ1) is 13.6. The van der Waals surface area contributed by atoms with Gasteiger partial charge in [-0.1, -0.05) is 37.3 Å². The second-order valence-corrected chi connectivity index (χ2v) is 8.30. The van der Waals surface area contributed by atoms with Crippen LogP contribution in [0.25, 0.3) is 11.3 Å². The van der Waals surface area contributed by atoms with E-state index in [0.29, 0.717) is 12.1 Å². The van der Waals surface area contributed by atoms with Crippen LogP contribution in [0.15, 0.2) is 42.6 Å². The third-order valence-corrected chi connectivity index (χ3v) is 4.66. The molecule has 154 valence electrons. The predicted molar refractivity (Wildman–Crippen MR) is 112 cm³/mol. The van der Waals surface area contributed by atoms with Crippen LogP contribution in [0.5, 0.6) is 0 Å². The van der Waals surface area contributed by atoms with Crippen LogP contribution in [0.4, 0.5) is 10.5 Å². The quantitative estimate of drug-likeness (QED) is 0.708. The number of nitrogens with one attached hydrogen (secondary N) is 2. The highest BCUT2D eigenvalue weighted by molar-refractivity contribution is 5.96. The van der Waals surface area contributed by atoms with E-state index in [9.17, 15) is 9.59 Å². The number of alkyl carbamates (subject to hydrolysis) is 1. The zero-order valence-electron chi connectivity index (χ0n) is 17.5. The second kappa shape index (κ2) is 8.11. The molecule has 29 heavy (non-hydrogen) atoms. The fraction of sp³-hybridized carbons (Fsp3) is 0.409. The summed E-state index contributed by atoms with van der Waals surface area (Å²) in [6, 6.07) is 7.60. The minimum absolute atomic E-state index is 0.108. The van der Waals surface area contributed by atoms with Gasteiger partial charge in [-0.2, -0.15) is 5.10 Å². The lowest BCUT2D eigenvalue weighted by Gasteiger charge is -2.24. The van der Waals surface area contributed by atoms with E-state index in [-0.39, 0.29) is 17.9 Å². The lowest BCUT2D eigenvalue weighted by atomic mass is 9.98. The van der Waals surface area contributed by atoms with Gasteiger partial charge in [-0.25, -0.2) is 4.79 Å². The molecule has 0 spiro atoms. The Bertz CT molecular complexity index is 940. The Kier molecular flexibility index (Phi) is 5.77. The number of nitrogens with zero attached hydrogens (tertiary/aromatic N) is 2. The number of ether oxygens (including phenoxy) is 1. The Morgan fingerprint density at radius 2 is 2.10 bits per heavy atom. The van der Waals surface area contributed by atoms with Crippen molar-refractivity contribution < 1.29 is 14.3 Å². The fourth-order valence-corrected chi connectivity index (χ4v) is 3.25. The standard InChI is InChI=1S/C22H28N4O3/c1-14-8-6-11-17(25-21(28)29-22(2,3)4)15-9-7-10-16(12-15)19-18(24-20(14)27)13-23-26(19)5/h6-10,12-14,17H,11H2,1-5H3,(H,24,27)(H,25,28)/t14-,17+/m1/s1. The molecule has 2 bridgehead atoms. The Morgan fingerprint density at radius 1 is 1.34 bits per heavy atom. The molecule has 2 aromatic rings. The smallest absolute Gasteiger partial charge is 0.408 e. The molecule has 1 aromatic carbocycles. The normalized spacial score (nSPS) is 19.4. The summed E-state index contributed by atoms with van der Waals surface area (Å²) in [5.74, 6) is -0.424. The first-order valence-electron chi connectivity index (χ1n) is 9.73. The van der Waals surface area contributed by atoms with Crippen LogP contribution in [-0.2, 0) is 16.6 Å². The van der Waals surface area contributed by atoms with E-state index in [4.69, 9.17) is 4.74 Å². The summed E-state index contributed by atoms with van der Waals surface area (Å²) < 4.78 is 7.17. The molecule has 2 amide bonds. The van der Waals surface area contributed by atoms with Gasteiger partial charge < -0.3 is 15.4 Å². The van der Waals surface area contributed by atoms with Gasteiger partial charge in [0.1, 0.15) is 5.60 Å². The third-order valence-electron chi connectivity index (χ3n) is 4.66.